The van der Waals surface area contributed by atoms with E-state index < -0.39 is 0 Å². The number of rotatable bonds is 9. The van der Waals surface area contributed by atoms with Crippen molar-refractivity contribution in [3.05, 3.63) is 29.8 Å². The zero-order chi connectivity index (χ0) is 13.1. The molecule has 0 aliphatic heterocycles. The molecule has 0 bridgehead atoms. The number of ether oxygens (including phenoxy) is 3. The first kappa shape index (κ1) is 14.5. The van der Waals surface area contributed by atoms with Crippen molar-refractivity contribution < 1.29 is 14.2 Å². The summed E-state index contributed by atoms with van der Waals surface area (Å²) >= 11 is 0. The van der Waals surface area contributed by atoms with Gasteiger partial charge in [-0.1, -0.05) is 12.1 Å². The van der Waals surface area contributed by atoms with E-state index in [0.717, 1.165) is 24.3 Å². The second-order valence-corrected chi connectivity index (χ2v) is 3.79. The molecule has 0 spiro atoms. The molecular weight excluding hydrogens is 230 g/mol. The molecular formula is C14H19NO3. The van der Waals surface area contributed by atoms with Crippen LogP contribution in [0, 0.1) is 11.3 Å². The number of methoxy groups -OCH3 is 1. The van der Waals surface area contributed by atoms with Crippen molar-refractivity contribution in [1.29, 1.82) is 5.26 Å². The largest absolute Gasteiger partial charge is 0.491 e. The molecule has 0 saturated heterocycles. The molecule has 98 valence electrons. The van der Waals surface area contributed by atoms with Gasteiger partial charge in [0.05, 0.1) is 19.1 Å². The van der Waals surface area contributed by atoms with E-state index in [4.69, 9.17) is 19.5 Å². The Kier molecular flexibility index (Phi) is 7.61. The summed E-state index contributed by atoms with van der Waals surface area (Å²) in [5.74, 6) is 0.803. The van der Waals surface area contributed by atoms with Crippen molar-refractivity contribution in [1.82, 2.24) is 0 Å². The summed E-state index contributed by atoms with van der Waals surface area (Å²) in [6.07, 6.45) is 1.34. The van der Waals surface area contributed by atoms with Gasteiger partial charge in [0.15, 0.2) is 0 Å². The molecule has 0 saturated carbocycles. The van der Waals surface area contributed by atoms with Crippen LogP contribution in [0.4, 0.5) is 0 Å². The van der Waals surface area contributed by atoms with Crippen molar-refractivity contribution in [3.8, 4) is 11.8 Å². The van der Waals surface area contributed by atoms with Gasteiger partial charge in [-0.05, 0) is 24.1 Å². The lowest BCUT2D eigenvalue weighted by Crippen LogP contribution is -2.08. The highest BCUT2D eigenvalue weighted by molar-refractivity contribution is 5.28. The quantitative estimate of drug-likeness (QED) is 0.629. The highest BCUT2D eigenvalue weighted by atomic mass is 16.5. The van der Waals surface area contributed by atoms with Crippen LogP contribution in [0.1, 0.15) is 12.0 Å². The van der Waals surface area contributed by atoms with Gasteiger partial charge < -0.3 is 14.2 Å². The lowest BCUT2D eigenvalue weighted by atomic mass is 10.2. The van der Waals surface area contributed by atoms with Crippen LogP contribution in [0.15, 0.2) is 24.3 Å². The Hall–Kier alpha value is -1.57. The first-order valence-corrected chi connectivity index (χ1v) is 6.02. The predicted molar refractivity (Wildman–Crippen MR) is 68.6 cm³/mol. The Balaban J connectivity index is 2.10. The van der Waals surface area contributed by atoms with Crippen LogP contribution in [0.25, 0.3) is 0 Å². The van der Waals surface area contributed by atoms with Crippen LogP contribution >= 0.6 is 0 Å². The fourth-order valence-electron chi connectivity index (χ4n) is 1.42. The summed E-state index contributed by atoms with van der Waals surface area (Å²) in [7, 11) is 1.68. The Morgan fingerprint density at radius 2 is 1.83 bits per heavy atom. The third kappa shape index (κ3) is 6.24. The monoisotopic (exact) mass is 249 g/mol. The van der Waals surface area contributed by atoms with E-state index in [1.807, 2.05) is 24.3 Å². The molecule has 1 aromatic rings. The van der Waals surface area contributed by atoms with Gasteiger partial charge in [-0.2, -0.15) is 5.26 Å². The molecule has 0 N–H and O–H groups in total. The first-order valence-electron chi connectivity index (χ1n) is 6.02. The van der Waals surface area contributed by atoms with Crippen molar-refractivity contribution in [2.75, 3.05) is 33.5 Å². The fraction of sp³-hybridized carbons (Fsp3) is 0.500. The minimum absolute atomic E-state index is 0.433. The molecule has 0 amide bonds. The van der Waals surface area contributed by atoms with Crippen molar-refractivity contribution in [3.63, 3.8) is 0 Å². The summed E-state index contributed by atoms with van der Waals surface area (Å²) in [5, 5.41) is 8.54. The lowest BCUT2D eigenvalue weighted by molar-refractivity contribution is 0.0806. The Morgan fingerprint density at radius 3 is 2.50 bits per heavy atom. The van der Waals surface area contributed by atoms with Gasteiger partial charge >= 0.3 is 0 Å². The van der Waals surface area contributed by atoms with Crippen LogP contribution in [0.3, 0.4) is 0 Å². The summed E-state index contributed by atoms with van der Waals surface area (Å²) in [6.45, 7) is 2.52. The molecule has 0 aromatic heterocycles. The molecule has 0 radical (unpaired) electrons. The van der Waals surface area contributed by atoms with Gasteiger partial charge in [0.25, 0.3) is 0 Å². The first-order chi connectivity index (χ1) is 8.86. The fourth-order valence-corrected chi connectivity index (χ4v) is 1.42. The minimum Gasteiger partial charge on any atom is -0.491 e. The van der Waals surface area contributed by atoms with Gasteiger partial charge in [-0.3, -0.25) is 0 Å². The Labute approximate surface area is 108 Å². The molecule has 4 heteroatoms. The summed E-state index contributed by atoms with van der Waals surface area (Å²) in [5.41, 5.74) is 1.00. The summed E-state index contributed by atoms with van der Waals surface area (Å²) in [4.78, 5) is 0. The maximum absolute atomic E-state index is 8.54. The van der Waals surface area contributed by atoms with Gasteiger partial charge in [-0.15, -0.1) is 0 Å². The molecule has 0 atom stereocenters. The van der Waals surface area contributed by atoms with Crippen LogP contribution < -0.4 is 4.74 Å². The average Bonchev–Trinajstić information content (AvgIpc) is 2.40. The van der Waals surface area contributed by atoms with Crippen LogP contribution in [-0.4, -0.2) is 33.5 Å². The predicted octanol–water partition coefficient (Wildman–Crippen LogP) is 2.18. The Bertz CT molecular complexity index is 356. The molecule has 18 heavy (non-hydrogen) atoms. The molecule has 0 unspecified atom stereocenters. The third-order valence-corrected chi connectivity index (χ3v) is 2.34. The highest BCUT2D eigenvalue weighted by Gasteiger charge is 1.95. The topological polar surface area (TPSA) is 51.5 Å². The van der Waals surface area contributed by atoms with E-state index in [1.165, 1.54) is 0 Å². The smallest absolute Gasteiger partial charge is 0.119 e. The highest BCUT2D eigenvalue weighted by Crippen LogP contribution is 2.12. The average molecular weight is 249 g/mol. The number of nitrogens with zero attached hydrogens (tertiary/aromatic N) is 1. The summed E-state index contributed by atoms with van der Waals surface area (Å²) in [6, 6.07) is 9.66. The standard InChI is InChI=1S/C14H19NO3/c1-16-9-2-10-17-11-12-18-14-5-3-13(4-6-14)7-8-15/h3-6H,2,7,9-12H2,1H3. The Morgan fingerprint density at radius 1 is 1.06 bits per heavy atom. The molecule has 1 aromatic carbocycles. The third-order valence-electron chi connectivity index (χ3n) is 2.34. The molecule has 0 aliphatic carbocycles. The van der Waals surface area contributed by atoms with Gasteiger partial charge in [0, 0.05) is 20.3 Å². The second-order valence-electron chi connectivity index (χ2n) is 3.79. The number of nitriles is 1. The number of hydrogen-bond acceptors (Lipinski definition) is 4. The van der Waals surface area contributed by atoms with Crippen LogP contribution in [0.2, 0.25) is 0 Å². The number of benzene rings is 1. The molecule has 0 aliphatic rings. The maximum atomic E-state index is 8.54. The zero-order valence-corrected chi connectivity index (χ0v) is 10.7. The van der Waals surface area contributed by atoms with E-state index >= 15 is 0 Å². The second kappa shape index (κ2) is 9.46. The van der Waals surface area contributed by atoms with E-state index in [2.05, 4.69) is 6.07 Å². The van der Waals surface area contributed by atoms with E-state index in [9.17, 15) is 0 Å². The van der Waals surface area contributed by atoms with Crippen LogP contribution in [0.5, 0.6) is 5.75 Å². The van der Waals surface area contributed by atoms with Crippen molar-refractivity contribution in [2.24, 2.45) is 0 Å². The molecule has 4 nitrogen and oxygen atoms in total. The molecule has 0 heterocycles. The summed E-state index contributed by atoms with van der Waals surface area (Å²) < 4.78 is 15.8. The zero-order valence-electron chi connectivity index (χ0n) is 10.7. The van der Waals surface area contributed by atoms with Gasteiger partial charge in [0.2, 0.25) is 0 Å². The van der Waals surface area contributed by atoms with Gasteiger partial charge in [0.1, 0.15) is 12.4 Å². The lowest BCUT2D eigenvalue weighted by Gasteiger charge is -2.07. The van der Waals surface area contributed by atoms with E-state index in [1.54, 1.807) is 7.11 Å². The normalized spacial score (nSPS) is 10.0. The van der Waals surface area contributed by atoms with Crippen molar-refractivity contribution >= 4 is 0 Å². The molecule has 0 fully saturated rings. The van der Waals surface area contributed by atoms with Crippen LogP contribution in [-0.2, 0) is 15.9 Å². The minimum atomic E-state index is 0.433. The maximum Gasteiger partial charge on any atom is 0.119 e. The van der Waals surface area contributed by atoms with E-state index in [0.29, 0.717) is 26.2 Å². The van der Waals surface area contributed by atoms with Gasteiger partial charge in [-0.25, -0.2) is 0 Å². The number of hydrogen-bond donors (Lipinski definition) is 0. The van der Waals surface area contributed by atoms with Crippen molar-refractivity contribution in [2.45, 2.75) is 12.8 Å². The molecule has 1 rings (SSSR count). The SMILES string of the molecule is COCCCOCCOc1ccc(CC#N)cc1. The van der Waals surface area contributed by atoms with E-state index in [-0.39, 0.29) is 0 Å².